The van der Waals surface area contributed by atoms with Crippen LogP contribution in [0, 0.1) is 5.92 Å². The average molecular weight is 390 g/mol. The zero-order chi connectivity index (χ0) is 17.9. The number of hydrogen-bond acceptors (Lipinski definition) is 5. The third-order valence-corrected chi connectivity index (χ3v) is 5.90. The molecule has 0 spiro atoms. The van der Waals surface area contributed by atoms with E-state index in [1.54, 1.807) is 24.3 Å². The molecular formula is C16H24ClN3O4S. The summed E-state index contributed by atoms with van der Waals surface area (Å²) in [4.78, 5) is 24.1. The van der Waals surface area contributed by atoms with Gasteiger partial charge >= 0.3 is 0 Å². The molecule has 1 heterocycles. The summed E-state index contributed by atoms with van der Waals surface area (Å²) in [5.74, 6) is -0.798. The Kier molecular flexibility index (Phi) is 7.40. The number of carbonyl (C=O) groups is 2. The van der Waals surface area contributed by atoms with E-state index >= 15 is 0 Å². The summed E-state index contributed by atoms with van der Waals surface area (Å²) in [6.07, 6.45) is 0.310. The largest absolute Gasteiger partial charge is 0.348 e. The monoisotopic (exact) mass is 389 g/mol. The first-order valence-electron chi connectivity index (χ1n) is 7.86. The van der Waals surface area contributed by atoms with Crippen molar-refractivity contribution in [1.29, 1.82) is 0 Å². The minimum absolute atomic E-state index is 0. The molecule has 4 N–H and O–H groups in total. The van der Waals surface area contributed by atoms with Crippen LogP contribution in [0.2, 0.25) is 0 Å². The van der Waals surface area contributed by atoms with Crippen molar-refractivity contribution >= 4 is 34.1 Å². The molecule has 1 aliphatic rings. The maximum absolute atomic E-state index is 12.1. The van der Waals surface area contributed by atoms with Crippen LogP contribution in [0.3, 0.4) is 0 Å². The predicted octanol–water partition coefficient (Wildman–Crippen LogP) is 0.543. The molecule has 0 aliphatic carbocycles. The van der Waals surface area contributed by atoms with Crippen LogP contribution in [-0.4, -0.2) is 38.6 Å². The first-order chi connectivity index (χ1) is 11.2. The van der Waals surface area contributed by atoms with Crippen molar-refractivity contribution in [2.24, 2.45) is 11.7 Å². The first kappa shape index (κ1) is 21.4. The number of sulfone groups is 1. The molecule has 2 amide bonds. The van der Waals surface area contributed by atoms with Gasteiger partial charge in [-0.2, -0.15) is 0 Å². The quantitative estimate of drug-likeness (QED) is 0.679. The number of hydrogen-bond donors (Lipinski definition) is 3. The molecule has 0 saturated carbocycles. The van der Waals surface area contributed by atoms with E-state index in [4.69, 9.17) is 5.73 Å². The molecule has 9 heteroatoms. The lowest BCUT2D eigenvalue weighted by Crippen LogP contribution is -2.47. The Balaban J connectivity index is 0.00000312. The fourth-order valence-electron chi connectivity index (χ4n) is 2.57. The third-order valence-electron chi connectivity index (χ3n) is 4.08. The van der Waals surface area contributed by atoms with Gasteiger partial charge in [-0.1, -0.05) is 32.0 Å². The van der Waals surface area contributed by atoms with Gasteiger partial charge in [0.15, 0.2) is 9.84 Å². The molecule has 140 valence electrons. The summed E-state index contributed by atoms with van der Waals surface area (Å²) in [7, 11) is -3.29. The molecule has 1 aromatic rings. The van der Waals surface area contributed by atoms with Crippen molar-refractivity contribution in [2.75, 3.05) is 12.3 Å². The molecule has 1 unspecified atom stereocenters. The van der Waals surface area contributed by atoms with Crippen LogP contribution in [0.15, 0.2) is 29.2 Å². The molecule has 0 fully saturated rings. The molecular weight excluding hydrogens is 366 g/mol. The molecule has 0 saturated heterocycles. The van der Waals surface area contributed by atoms with E-state index in [0.717, 1.165) is 0 Å². The van der Waals surface area contributed by atoms with Gasteiger partial charge in [0, 0.05) is 0 Å². The normalized spacial score (nSPS) is 19.3. The molecule has 2 rings (SSSR count). The van der Waals surface area contributed by atoms with Crippen molar-refractivity contribution in [3.05, 3.63) is 29.8 Å². The van der Waals surface area contributed by atoms with Gasteiger partial charge < -0.3 is 16.4 Å². The average Bonchev–Trinajstić information content (AvgIpc) is 2.54. The highest BCUT2D eigenvalue weighted by molar-refractivity contribution is 7.91. The third kappa shape index (κ3) is 5.17. The van der Waals surface area contributed by atoms with Crippen LogP contribution >= 0.6 is 12.4 Å². The van der Waals surface area contributed by atoms with E-state index < -0.39 is 15.9 Å². The highest BCUT2D eigenvalue weighted by Crippen LogP contribution is 2.31. The van der Waals surface area contributed by atoms with Gasteiger partial charge in [-0.15, -0.1) is 12.4 Å². The second-order valence-corrected chi connectivity index (χ2v) is 8.33. The molecule has 1 aromatic carbocycles. The molecule has 1 aliphatic heterocycles. The van der Waals surface area contributed by atoms with Crippen LogP contribution in [-0.2, 0) is 19.4 Å². The molecule has 0 aromatic heterocycles. The summed E-state index contributed by atoms with van der Waals surface area (Å²) in [6.45, 7) is 3.46. The SMILES string of the molecule is CC(C)[C@H](N)C(=O)NCC(=O)NC1CCS(=O)(=O)c2ccccc21.Cl. The predicted molar refractivity (Wildman–Crippen MR) is 97.1 cm³/mol. The highest BCUT2D eigenvalue weighted by atomic mass is 35.5. The number of fused-ring (bicyclic) bond motifs is 1. The minimum Gasteiger partial charge on any atom is -0.348 e. The summed E-state index contributed by atoms with van der Waals surface area (Å²) >= 11 is 0. The lowest BCUT2D eigenvalue weighted by Gasteiger charge is -2.26. The topological polar surface area (TPSA) is 118 Å². The van der Waals surface area contributed by atoms with Gasteiger partial charge in [0.05, 0.1) is 29.3 Å². The van der Waals surface area contributed by atoms with E-state index in [9.17, 15) is 18.0 Å². The molecule has 0 radical (unpaired) electrons. The van der Waals surface area contributed by atoms with Gasteiger partial charge in [0.2, 0.25) is 11.8 Å². The second kappa shape index (κ2) is 8.64. The van der Waals surface area contributed by atoms with Crippen LogP contribution in [0.5, 0.6) is 0 Å². The van der Waals surface area contributed by atoms with E-state index in [2.05, 4.69) is 10.6 Å². The van der Waals surface area contributed by atoms with Crippen molar-refractivity contribution < 1.29 is 18.0 Å². The molecule has 7 nitrogen and oxygen atoms in total. The maximum atomic E-state index is 12.1. The summed E-state index contributed by atoms with van der Waals surface area (Å²) in [5, 5.41) is 5.28. The Morgan fingerprint density at radius 3 is 2.56 bits per heavy atom. The van der Waals surface area contributed by atoms with Crippen LogP contribution < -0.4 is 16.4 Å². The van der Waals surface area contributed by atoms with Gasteiger partial charge in [0.1, 0.15) is 0 Å². The Morgan fingerprint density at radius 1 is 1.28 bits per heavy atom. The fourth-order valence-corrected chi connectivity index (χ4v) is 4.19. The van der Waals surface area contributed by atoms with E-state index in [-0.39, 0.29) is 53.4 Å². The van der Waals surface area contributed by atoms with Gasteiger partial charge in [-0.3, -0.25) is 9.59 Å². The number of halogens is 1. The highest BCUT2D eigenvalue weighted by Gasteiger charge is 2.30. The van der Waals surface area contributed by atoms with Crippen LogP contribution in [0.25, 0.3) is 0 Å². The van der Waals surface area contributed by atoms with Crippen molar-refractivity contribution in [3.63, 3.8) is 0 Å². The number of carbonyl (C=O) groups excluding carboxylic acids is 2. The Bertz CT molecular complexity index is 737. The molecule has 25 heavy (non-hydrogen) atoms. The van der Waals surface area contributed by atoms with Gasteiger partial charge in [-0.25, -0.2) is 8.42 Å². The summed E-state index contributed by atoms with van der Waals surface area (Å²) in [5.41, 5.74) is 6.30. The van der Waals surface area contributed by atoms with E-state index in [0.29, 0.717) is 12.0 Å². The zero-order valence-electron chi connectivity index (χ0n) is 14.2. The summed E-state index contributed by atoms with van der Waals surface area (Å²) in [6, 6.07) is 5.60. The minimum atomic E-state index is -3.29. The number of amides is 2. The van der Waals surface area contributed by atoms with Crippen molar-refractivity contribution in [1.82, 2.24) is 10.6 Å². The zero-order valence-corrected chi connectivity index (χ0v) is 15.8. The maximum Gasteiger partial charge on any atom is 0.239 e. The molecule has 2 atom stereocenters. The van der Waals surface area contributed by atoms with Crippen molar-refractivity contribution in [2.45, 2.75) is 37.2 Å². The number of benzene rings is 1. The number of rotatable bonds is 5. The van der Waals surface area contributed by atoms with Crippen LogP contribution in [0.1, 0.15) is 31.9 Å². The van der Waals surface area contributed by atoms with Gasteiger partial charge in [-0.05, 0) is 24.0 Å². The fraction of sp³-hybridized carbons (Fsp3) is 0.500. The lowest BCUT2D eigenvalue weighted by molar-refractivity contribution is -0.127. The first-order valence-corrected chi connectivity index (χ1v) is 9.52. The number of nitrogens with one attached hydrogen (secondary N) is 2. The van der Waals surface area contributed by atoms with Crippen molar-refractivity contribution in [3.8, 4) is 0 Å². The Labute approximate surface area is 154 Å². The Morgan fingerprint density at radius 2 is 1.92 bits per heavy atom. The van der Waals surface area contributed by atoms with E-state index in [1.165, 1.54) is 0 Å². The van der Waals surface area contributed by atoms with Crippen LogP contribution in [0.4, 0.5) is 0 Å². The standard InChI is InChI=1S/C16H23N3O4S.ClH/c1-10(2)15(17)16(21)18-9-14(20)19-12-7-8-24(22,23)13-6-4-3-5-11(12)13;/h3-6,10,12,15H,7-9,17H2,1-2H3,(H,18,21)(H,19,20);1H/t12?,15-;/m0./s1. The second-order valence-electron chi connectivity index (χ2n) is 6.25. The van der Waals surface area contributed by atoms with Gasteiger partial charge in [0.25, 0.3) is 0 Å². The van der Waals surface area contributed by atoms with E-state index in [1.807, 2.05) is 13.8 Å². The smallest absolute Gasteiger partial charge is 0.239 e. The Hall–Kier alpha value is -1.64. The molecule has 0 bridgehead atoms. The number of nitrogens with two attached hydrogens (primary N) is 1. The summed E-state index contributed by atoms with van der Waals surface area (Å²) < 4.78 is 24.1. The lowest BCUT2D eigenvalue weighted by atomic mass is 10.0.